The molecule has 1 aliphatic heterocycles. The van der Waals surface area contributed by atoms with Crippen molar-refractivity contribution in [2.45, 2.75) is 58.5 Å². The number of carbonyl (C=O) groups excluding carboxylic acids is 1. The van der Waals surface area contributed by atoms with Crippen LogP contribution < -0.4 is 10.5 Å². The van der Waals surface area contributed by atoms with E-state index in [2.05, 4.69) is 26.8 Å². The molecular weight excluding hydrogens is 276 g/mol. The molecule has 4 heteroatoms. The van der Waals surface area contributed by atoms with Crippen molar-refractivity contribution in [3.05, 3.63) is 29.3 Å². The molecule has 0 unspecified atom stereocenters. The highest BCUT2D eigenvalue weighted by Crippen LogP contribution is 2.18. The summed E-state index contributed by atoms with van der Waals surface area (Å²) in [7, 11) is 0. The lowest BCUT2D eigenvalue weighted by Crippen LogP contribution is -2.48. The van der Waals surface area contributed by atoms with Crippen LogP contribution in [0.3, 0.4) is 0 Å². The molecule has 1 saturated heterocycles. The second-order valence-electron chi connectivity index (χ2n) is 6.42. The minimum Gasteiger partial charge on any atom is -0.494 e. The van der Waals surface area contributed by atoms with Crippen molar-refractivity contribution >= 4 is 5.91 Å². The van der Waals surface area contributed by atoms with E-state index >= 15 is 0 Å². The van der Waals surface area contributed by atoms with Crippen LogP contribution in [0.1, 0.15) is 43.7 Å². The predicted octanol–water partition coefficient (Wildman–Crippen LogP) is 2.80. The summed E-state index contributed by atoms with van der Waals surface area (Å²) < 4.78 is 5.73. The Morgan fingerprint density at radius 3 is 2.82 bits per heavy atom. The van der Waals surface area contributed by atoms with Crippen LogP contribution in [-0.2, 0) is 4.79 Å². The maximum absolute atomic E-state index is 12.3. The zero-order valence-corrected chi connectivity index (χ0v) is 14.0. The van der Waals surface area contributed by atoms with E-state index in [-0.39, 0.29) is 18.0 Å². The predicted molar refractivity (Wildman–Crippen MR) is 89.0 cm³/mol. The molecule has 1 heterocycles. The van der Waals surface area contributed by atoms with Gasteiger partial charge in [-0.05, 0) is 63.3 Å². The van der Waals surface area contributed by atoms with E-state index in [0.717, 1.165) is 31.6 Å². The third kappa shape index (κ3) is 4.47. The average molecular weight is 304 g/mol. The van der Waals surface area contributed by atoms with Crippen LogP contribution in [0, 0.1) is 13.8 Å². The Morgan fingerprint density at radius 2 is 2.14 bits per heavy atom. The van der Waals surface area contributed by atoms with Crippen LogP contribution >= 0.6 is 0 Å². The number of amides is 1. The van der Waals surface area contributed by atoms with Gasteiger partial charge in [0.05, 0.1) is 6.61 Å². The van der Waals surface area contributed by atoms with Crippen molar-refractivity contribution < 1.29 is 9.53 Å². The largest absolute Gasteiger partial charge is 0.494 e. The minimum atomic E-state index is 0.225. The Kier molecular flexibility index (Phi) is 5.83. The van der Waals surface area contributed by atoms with Crippen molar-refractivity contribution in [3.8, 4) is 5.75 Å². The summed E-state index contributed by atoms with van der Waals surface area (Å²) >= 11 is 0. The van der Waals surface area contributed by atoms with E-state index in [9.17, 15) is 4.79 Å². The highest BCUT2D eigenvalue weighted by Gasteiger charge is 2.26. The van der Waals surface area contributed by atoms with Gasteiger partial charge in [0.25, 0.3) is 0 Å². The van der Waals surface area contributed by atoms with Gasteiger partial charge in [-0.3, -0.25) is 4.79 Å². The number of nitrogens with zero attached hydrogens (tertiary/aromatic N) is 1. The minimum absolute atomic E-state index is 0.225. The van der Waals surface area contributed by atoms with Crippen LogP contribution in [0.2, 0.25) is 0 Å². The molecule has 4 nitrogen and oxygen atoms in total. The van der Waals surface area contributed by atoms with E-state index in [1.54, 1.807) is 0 Å². The first-order valence-corrected chi connectivity index (χ1v) is 8.22. The Balaban J connectivity index is 1.72. The van der Waals surface area contributed by atoms with Crippen molar-refractivity contribution in [2.75, 3.05) is 13.2 Å². The van der Waals surface area contributed by atoms with Crippen LogP contribution in [0.15, 0.2) is 18.2 Å². The Bertz CT molecular complexity index is 516. The molecule has 1 aliphatic rings. The van der Waals surface area contributed by atoms with Crippen molar-refractivity contribution in [1.29, 1.82) is 0 Å². The monoisotopic (exact) mass is 304 g/mol. The summed E-state index contributed by atoms with van der Waals surface area (Å²) in [6.07, 6.45) is 3.12. The van der Waals surface area contributed by atoms with Crippen molar-refractivity contribution in [3.63, 3.8) is 0 Å². The summed E-state index contributed by atoms with van der Waals surface area (Å²) in [5.41, 5.74) is 8.43. The second kappa shape index (κ2) is 7.63. The standard InChI is InChI=1S/C18H28N2O2/c1-13-6-7-17(11-14(13)2)22-10-4-5-18(21)20-9-8-16(19)12-15(20)3/h6-7,11,15-16H,4-5,8-10,12,19H2,1-3H3/t15-,16-/m0/s1. The third-order valence-electron chi connectivity index (χ3n) is 4.52. The molecule has 1 fully saturated rings. The van der Waals surface area contributed by atoms with Gasteiger partial charge in [-0.25, -0.2) is 0 Å². The molecule has 0 spiro atoms. The van der Waals surface area contributed by atoms with E-state index < -0.39 is 0 Å². The number of likely N-dealkylation sites (tertiary alicyclic amines) is 1. The first-order valence-electron chi connectivity index (χ1n) is 8.22. The van der Waals surface area contributed by atoms with Gasteiger partial charge in [-0.15, -0.1) is 0 Å². The first kappa shape index (κ1) is 16.8. The number of aryl methyl sites for hydroxylation is 2. The Hall–Kier alpha value is -1.55. The number of hydrogen-bond donors (Lipinski definition) is 1. The van der Waals surface area contributed by atoms with Gasteiger partial charge in [0.2, 0.25) is 5.91 Å². The molecule has 2 rings (SSSR count). The summed E-state index contributed by atoms with van der Waals surface area (Å²) in [5.74, 6) is 1.11. The highest BCUT2D eigenvalue weighted by molar-refractivity contribution is 5.76. The van der Waals surface area contributed by atoms with Crippen LogP contribution in [0.4, 0.5) is 0 Å². The molecule has 1 amide bonds. The van der Waals surface area contributed by atoms with Gasteiger partial charge < -0.3 is 15.4 Å². The molecule has 0 aliphatic carbocycles. The summed E-state index contributed by atoms with van der Waals surface area (Å²) in [4.78, 5) is 14.2. The number of ether oxygens (including phenoxy) is 1. The van der Waals surface area contributed by atoms with Crippen LogP contribution in [0.25, 0.3) is 0 Å². The maximum atomic E-state index is 12.3. The van der Waals surface area contributed by atoms with E-state index in [4.69, 9.17) is 10.5 Å². The summed E-state index contributed by atoms with van der Waals surface area (Å²) in [5, 5.41) is 0. The van der Waals surface area contributed by atoms with Crippen molar-refractivity contribution in [2.24, 2.45) is 5.73 Å². The van der Waals surface area contributed by atoms with Gasteiger partial charge in [-0.1, -0.05) is 6.07 Å². The number of hydrogen-bond acceptors (Lipinski definition) is 3. The van der Waals surface area contributed by atoms with E-state index in [1.807, 2.05) is 17.0 Å². The van der Waals surface area contributed by atoms with Crippen molar-refractivity contribution in [1.82, 2.24) is 4.90 Å². The lowest BCUT2D eigenvalue weighted by Gasteiger charge is -2.36. The van der Waals surface area contributed by atoms with Gasteiger partial charge in [0.15, 0.2) is 0 Å². The fraction of sp³-hybridized carbons (Fsp3) is 0.611. The normalized spacial score (nSPS) is 21.7. The summed E-state index contributed by atoms with van der Waals surface area (Å²) in [6, 6.07) is 6.60. The van der Waals surface area contributed by atoms with Gasteiger partial charge >= 0.3 is 0 Å². The van der Waals surface area contributed by atoms with Crippen LogP contribution in [-0.4, -0.2) is 36.0 Å². The highest BCUT2D eigenvalue weighted by atomic mass is 16.5. The zero-order valence-electron chi connectivity index (χ0n) is 14.0. The Morgan fingerprint density at radius 1 is 1.36 bits per heavy atom. The molecule has 0 aromatic heterocycles. The zero-order chi connectivity index (χ0) is 16.1. The number of rotatable bonds is 5. The second-order valence-corrected chi connectivity index (χ2v) is 6.42. The van der Waals surface area contributed by atoms with E-state index in [1.165, 1.54) is 11.1 Å². The molecule has 0 saturated carbocycles. The molecular formula is C18H28N2O2. The number of benzene rings is 1. The van der Waals surface area contributed by atoms with Gasteiger partial charge in [0.1, 0.15) is 5.75 Å². The number of carbonyl (C=O) groups is 1. The fourth-order valence-corrected chi connectivity index (χ4v) is 2.94. The number of piperidine rings is 1. The summed E-state index contributed by atoms with van der Waals surface area (Å²) in [6.45, 7) is 7.62. The lowest BCUT2D eigenvalue weighted by atomic mass is 9.98. The molecule has 1 aromatic rings. The average Bonchev–Trinajstić information content (AvgIpc) is 2.47. The molecule has 0 bridgehead atoms. The van der Waals surface area contributed by atoms with Gasteiger partial charge in [-0.2, -0.15) is 0 Å². The van der Waals surface area contributed by atoms with Crippen LogP contribution in [0.5, 0.6) is 5.75 Å². The Labute approximate surface area is 133 Å². The molecule has 22 heavy (non-hydrogen) atoms. The quantitative estimate of drug-likeness (QED) is 0.851. The molecule has 2 N–H and O–H groups in total. The number of nitrogens with two attached hydrogens (primary N) is 1. The topological polar surface area (TPSA) is 55.6 Å². The van der Waals surface area contributed by atoms with E-state index in [0.29, 0.717) is 13.0 Å². The smallest absolute Gasteiger partial charge is 0.222 e. The molecule has 2 atom stereocenters. The molecule has 0 radical (unpaired) electrons. The fourth-order valence-electron chi connectivity index (χ4n) is 2.94. The lowest BCUT2D eigenvalue weighted by molar-refractivity contribution is -0.134. The van der Waals surface area contributed by atoms with Gasteiger partial charge in [0, 0.05) is 25.0 Å². The molecule has 1 aromatic carbocycles. The molecule has 122 valence electrons. The maximum Gasteiger partial charge on any atom is 0.222 e. The first-order chi connectivity index (χ1) is 10.5. The third-order valence-corrected chi connectivity index (χ3v) is 4.52. The SMILES string of the molecule is Cc1ccc(OCCCC(=O)N2CC[C@H](N)C[C@@H]2C)cc1C.